The smallest absolute Gasteiger partial charge is 0.248 e. The summed E-state index contributed by atoms with van der Waals surface area (Å²) < 4.78 is 19.0. The van der Waals surface area contributed by atoms with Gasteiger partial charge >= 0.3 is 0 Å². The molecule has 1 aromatic rings. The lowest BCUT2D eigenvalue weighted by Crippen LogP contribution is -2.39. The molecule has 2 atom stereocenters. The molecule has 2 amide bonds. The van der Waals surface area contributed by atoms with Gasteiger partial charge in [0.2, 0.25) is 11.8 Å². The molecule has 0 bridgehead atoms. The van der Waals surface area contributed by atoms with E-state index in [-0.39, 0.29) is 34.7 Å². The minimum absolute atomic E-state index is 0.0150. The van der Waals surface area contributed by atoms with Crippen LogP contribution >= 0.6 is 0 Å². The average Bonchev–Trinajstić information content (AvgIpc) is 2.91. The van der Waals surface area contributed by atoms with Gasteiger partial charge < -0.3 is 21.1 Å². The molecule has 4 N–H and O–H groups in total. The minimum Gasteiger partial charge on any atom is -0.379 e. The highest BCUT2D eigenvalue weighted by molar-refractivity contribution is 5.98. The average molecular weight is 295 g/mol. The molecule has 0 aromatic heterocycles. The lowest BCUT2D eigenvalue weighted by atomic mass is 10.0. The van der Waals surface area contributed by atoms with Crippen LogP contribution in [-0.2, 0) is 9.53 Å². The molecule has 0 aliphatic carbocycles. The van der Waals surface area contributed by atoms with E-state index in [2.05, 4.69) is 10.6 Å². The van der Waals surface area contributed by atoms with Crippen LogP contribution in [0.3, 0.4) is 0 Å². The second kappa shape index (κ2) is 6.19. The van der Waals surface area contributed by atoms with Crippen molar-refractivity contribution in [3.05, 3.63) is 29.1 Å². The molecule has 1 heterocycles. The van der Waals surface area contributed by atoms with Crippen LogP contribution in [-0.4, -0.2) is 38.1 Å². The van der Waals surface area contributed by atoms with Gasteiger partial charge in [-0.05, 0) is 26.1 Å². The Morgan fingerprint density at radius 2 is 2.10 bits per heavy atom. The van der Waals surface area contributed by atoms with Gasteiger partial charge in [-0.2, -0.15) is 0 Å². The molecule has 2 unspecified atom stereocenters. The quantitative estimate of drug-likeness (QED) is 0.750. The molecule has 0 spiro atoms. The first-order valence-electron chi connectivity index (χ1n) is 6.60. The molecule has 1 aliphatic rings. The number of nitrogens with one attached hydrogen (secondary N) is 2. The number of hydrogen-bond acceptors (Lipinski definition) is 4. The Morgan fingerprint density at radius 3 is 2.71 bits per heavy atom. The maximum Gasteiger partial charge on any atom is 0.248 e. The fourth-order valence-electron chi connectivity index (χ4n) is 2.27. The predicted octanol–water partition coefficient (Wildman–Crippen LogP) is 0.406. The van der Waals surface area contributed by atoms with Crippen LogP contribution in [0.4, 0.5) is 10.1 Å². The van der Waals surface area contributed by atoms with Gasteiger partial charge in [0, 0.05) is 22.9 Å². The van der Waals surface area contributed by atoms with Crippen molar-refractivity contribution in [1.82, 2.24) is 5.32 Å². The third-order valence-corrected chi connectivity index (χ3v) is 3.67. The van der Waals surface area contributed by atoms with Crippen molar-refractivity contribution in [2.24, 2.45) is 11.7 Å². The highest BCUT2D eigenvalue weighted by Gasteiger charge is 2.33. The van der Waals surface area contributed by atoms with Crippen LogP contribution in [0, 0.1) is 18.7 Å². The van der Waals surface area contributed by atoms with Crippen LogP contribution in [0.15, 0.2) is 12.1 Å². The monoisotopic (exact) mass is 295 g/mol. The number of benzene rings is 1. The van der Waals surface area contributed by atoms with Gasteiger partial charge in [0.1, 0.15) is 5.82 Å². The van der Waals surface area contributed by atoms with Crippen molar-refractivity contribution >= 4 is 17.5 Å². The fraction of sp³-hybridized carbons (Fsp3) is 0.429. The van der Waals surface area contributed by atoms with Crippen LogP contribution < -0.4 is 16.4 Å². The van der Waals surface area contributed by atoms with Crippen molar-refractivity contribution in [1.29, 1.82) is 0 Å². The van der Waals surface area contributed by atoms with Gasteiger partial charge in [0.15, 0.2) is 0 Å². The molecule has 2 rings (SSSR count). The van der Waals surface area contributed by atoms with Crippen LogP contribution in [0.1, 0.15) is 15.9 Å². The summed E-state index contributed by atoms with van der Waals surface area (Å²) in [6, 6.07) is 2.35. The number of hydrogen-bond donors (Lipinski definition) is 3. The third-order valence-electron chi connectivity index (χ3n) is 3.67. The summed E-state index contributed by atoms with van der Waals surface area (Å²) in [4.78, 5) is 23.4. The number of ether oxygens (including phenoxy) is 1. The number of rotatable bonds is 4. The van der Waals surface area contributed by atoms with Gasteiger partial charge in [-0.15, -0.1) is 0 Å². The first-order chi connectivity index (χ1) is 9.93. The zero-order valence-corrected chi connectivity index (χ0v) is 11.9. The van der Waals surface area contributed by atoms with Gasteiger partial charge in [-0.3, -0.25) is 9.59 Å². The Bertz CT molecular complexity index is 577. The minimum atomic E-state index is -0.748. The van der Waals surface area contributed by atoms with Crippen LogP contribution in [0.25, 0.3) is 0 Å². The van der Waals surface area contributed by atoms with E-state index in [0.717, 1.165) is 6.07 Å². The highest BCUT2D eigenvalue weighted by atomic mass is 19.1. The first kappa shape index (κ1) is 15.4. The van der Waals surface area contributed by atoms with E-state index in [9.17, 15) is 14.0 Å². The number of halogens is 1. The second-order valence-electron chi connectivity index (χ2n) is 5.02. The number of likely N-dealkylation sites (N-methyl/N-ethyl adjacent to an activating group) is 1. The molecule has 21 heavy (non-hydrogen) atoms. The number of amides is 2. The zero-order chi connectivity index (χ0) is 15.6. The number of primary amides is 1. The van der Waals surface area contributed by atoms with Gasteiger partial charge in [0.25, 0.3) is 0 Å². The lowest BCUT2D eigenvalue weighted by molar-refractivity contribution is -0.120. The standard InChI is InChI=1S/C14H18FN3O3/c1-7-10(15)3-8(13(16)19)4-11(7)18-14(20)9-5-21-6-12(9)17-2/h3-4,9,12,17H,5-6H2,1-2H3,(H2,16,19)(H,18,20). The van der Waals surface area contributed by atoms with Crippen molar-refractivity contribution in [3.8, 4) is 0 Å². The van der Waals surface area contributed by atoms with E-state index in [1.807, 2.05) is 0 Å². The number of carbonyl (C=O) groups is 2. The van der Waals surface area contributed by atoms with Crippen molar-refractivity contribution in [2.45, 2.75) is 13.0 Å². The Kier molecular flexibility index (Phi) is 4.54. The van der Waals surface area contributed by atoms with Crippen molar-refractivity contribution in [3.63, 3.8) is 0 Å². The van der Waals surface area contributed by atoms with Crippen LogP contribution in [0.2, 0.25) is 0 Å². The maximum absolute atomic E-state index is 13.8. The molecule has 0 radical (unpaired) electrons. The van der Waals surface area contributed by atoms with Crippen molar-refractivity contribution in [2.75, 3.05) is 25.6 Å². The molecule has 1 aliphatic heterocycles. The number of anilines is 1. The van der Waals surface area contributed by atoms with Crippen LogP contribution in [0.5, 0.6) is 0 Å². The normalized spacial score (nSPS) is 21.3. The Hall–Kier alpha value is -1.99. The van der Waals surface area contributed by atoms with Crippen molar-refractivity contribution < 1.29 is 18.7 Å². The van der Waals surface area contributed by atoms with E-state index >= 15 is 0 Å². The van der Waals surface area contributed by atoms with Gasteiger partial charge in [-0.1, -0.05) is 0 Å². The summed E-state index contributed by atoms with van der Waals surface area (Å²) in [5, 5.41) is 5.65. The van der Waals surface area contributed by atoms with E-state index in [1.54, 1.807) is 7.05 Å². The molecule has 1 saturated heterocycles. The van der Waals surface area contributed by atoms with E-state index < -0.39 is 11.7 Å². The fourth-order valence-corrected chi connectivity index (χ4v) is 2.27. The Morgan fingerprint density at radius 1 is 1.38 bits per heavy atom. The lowest BCUT2D eigenvalue weighted by Gasteiger charge is -2.18. The summed E-state index contributed by atoms with van der Waals surface area (Å²) >= 11 is 0. The molecular weight excluding hydrogens is 277 g/mol. The third kappa shape index (κ3) is 3.20. The molecule has 114 valence electrons. The molecular formula is C14H18FN3O3. The molecule has 1 aromatic carbocycles. The summed E-state index contributed by atoms with van der Waals surface area (Å²) in [5.41, 5.74) is 5.67. The molecule has 6 nitrogen and oxygen atoms in total. The summed E-state index contributed by atoms with van der Waals surface area (Å²) in [5.74, 6) is -1.98. The van der Waals surface area contributed by atoms with Gasteiger partial charge in [-0.25, -0.2) is 4.39 Å². The van der Waals surface area contributed by atoms with E-state index in [4.69, 9.17) is 10.5 Å². The molecule has 7 heteroatoms. The van der Waals surface area contributed by atoms with E-state index in [0.29, 0.717) is 13.2 Å². The highest BCUT2D eigenvalue weighted by Crippen LogP contribution is 2.23. The Labute approximate surface area is 121 Å². The number of nitrogens with two attached hydrogens (primary N) is 1. The zero-order valence-electron chi connectivity index (χ0n) is 11.9. The van der Waals surface area contributed by atoms with E-state index in [1.165, 1.54) is 13.0 Å². The van der Waals surface area contributed by atoms with Gasteiger partial charge in [0.05, 0.1) is 19.1 Å². The number of carbonyl (C=O) groups excluding carboxylic acids is 2. The SMILES string of the molecule is CNC1COCC1C(=O)Nc1cc(C(N)=O)cc(F)c1C. The second-order valence-corrected chi connectivity index (χ2v) is 5.02. The molecule has 0 saturated carbocycles. The topological polar surface area (TPSA) is 93.4 Å². The predicted molar refractivity (Wildman–Crippen MR) is 75.4 cm³/mol. The summed E-state index contributed by atoms with van der Waals surface area (Å²) in [6.07, 6.45) is 0. The maximum atomic E-state index is 13.8. The summed E-state index contributed by atoms with van der Waals surface area (Å²) in [6.45, 7) is 2.27. The Balaban J connectivity index is 2.22. The first-order valence-corrected chi connectivity index (χ1v) is 6.60. The molecule has 1 fully saturated rings. The summed E-state index contributed by atoms with van der Waals surface area (Å²) in [7, 11) is 1.75. The largest absolute Gasteiger partial charge is 0.379 e.